The zero-order chi connectivity index (χ0) is 20.8. The van der Waals surface area contributed by atoms with Gasteiger partial charge in [-0.15, -0.1) is 0 Å². The molecule has 0 aliphatic rings. The fourth-order valence-electron chi connectivity index (χ4n) is 3.54. The Labute approximate surface area is 178 Å². The molecular weight excluding hydrogens is 364 g/mol. The third-order valence-electron chi connectivity index (χ3n) is 5.07. The van der Waals surface area contributed by atoms with Crippen LogP contribution in [0.5, 0.6) is 0 Å². The summed E-state index contributed by atoms with van der Waals surface area (Å²) in [5.41, 5.74) is 6.39. The molecular formula is C28H24N2. The van der Waals surface area contributed by atoms with E-state index in [1.807, 2.05) is 49.5 Å². The van der Waals surface area contributed by atoms with Gasteiger partial charge in [0.2, 0.25) is 0 Å². The molecule has 4 aromatic rings. The number of aliphatic imine (C=N–C) groups is 1. The Hall–Kier alpha value is -3.91. The van der Waals surface area contributed by atoms with Crippen molar-refractivity contribution in [1.29, 1.82) is 0 Å². The molecule has 0 saturated heterocycles. The number of hydrogen-bond acceptors (Lipinski definition) is 1. The van der Waals surface area contributed by atoms with Crippen molar-refractivity contribution in [2.75, 3.05) is 11.9 Å². The molecule has 0 N–H and O–H groups in total. The van der Waals surface area contributed by atoms with E-state index in [9.17, 15) is 0 Å². The molecule has 0 bridgehead atoms. The standard InChI is InChI=1S/C28H24N2/c1-22(23-18-20-25(21-19-23)24-12-6-3-7-13-24)30(27-16-10-5-11-17-27)28(29-2)26-14-8-4-9-15-26/h3-21H,1H2,2H3. The average molecular weight is 389 g/mol. The molecule has 0 aliphatic heterocycles. The Bertz CT molecular complexity index is 1130. The first-order valence-corrected chi connectivity index (χ1v) is 10.00. The van der Waals surface area contributed by atoms with Gasteiger partial charge in [0.25, 0.3) is 0 Å². The second-order valence-electron chi connectivity index (χ2n) is 6.97. The van der Waals surface area contributed by atoms with Gasteiger partial charge >= 0.3 is 0 Å². The molecule has 0 saturated carbocycles. The van der Waals surface area contributed by atoms with E-state index in [1.165, 1.54) is 11.1 Å². The monoisotopic (exact) mass is 388 g/mol. The van der Waals surface area contributed by atoms with Gasteiger partial charge < -0.3 is 0 Å². The molecule has 2 nitrogen and oxygen atoms in total. The lowest BCUT2D eigenvalue weighted by atomic mass is 10.0. The fraction of sp³-hybridized carbons (Fsp3) is 0.0357. The molecule has 0 unspecified atom stereocenters. The minimum absolute atomic E-state index is 0.860. The molecule has 0 aliphatic carbocycles. The van der Waals surface area contributed by atoms with Gasteiger partial charge in [0.15, 0.2) is 0 Å². The van der Waals surface area contributed by atoms with Crippen molar-refractivity contribution in [3.8, 4) is 11.1 Å². The average Bonchev–Trinajstić information content (AvgIpc) is 2.84. The molecule has 0 heterocycles. The van der Waals surface area contributed by atoms with Crippen LogP contribution in [0.4, 0.5) is 5.69 Å². The number of benzene rings is 4. The second kappa shape index (κ2) is 9.06. The summed E-state index contributed by atoms with van der Waals surface area (Å²) in [4.78, 5) is 6.75. The molecule has 0 amide bonds. The predicted octanol–water partition coefficient (Wildman–Crippen LogP) is 6.91. The first-order valence-electron chi connectivity index (χ1n) is 10.00. The van der Waals surface area contributed by atoms with Crippen molar-refractivity contribution in [3.63, 3.8) is 0 Å². The van der Waals surface area contributed by atoms with Crippen LogP contribution < -0.4 is 4.90 Å². The number of hydrogen-bond donors (Lipinski definition) is 0. The van der Waals surface area contributed by atoms with E-state index < -0.39 is 0 Å². The van der Waals surface area contributed by atoms with Gasteiger partial charge in [0.05, 0.1) is 0 Å². The highest BCUT2D eigenvalue weighted by molar-refractivity contribution is 6.17. The number of para-hydroxylation sites is 1. The lowest BCUT2D eigenvalue weighted by Crippen LogP contribution is -2.30. The summed E-state index contributed by atoms with van der Waals surface area (Å²) in [5, 5.41) is 0. The first-order chi connectivity index (χ1) is 14.8. The van der Waals surface area contributed by atoms with Gasteiger partial charge in [-0.05, 0) is 28.8 Å². The lowest BCUT2D eigenvalue weighted by Gasteiger charge is -2.28. The maximum absolute atomic E-state index is 4.63. The van der Waals surface area contributed by atoms with Crippen LogP contribution in [0.1, 0.15) is 11.1 Å². The summed E-state index contributed by atoms with van der Waals surface area (Å²) >= 11 is 0. The zero-order valence-corrected chi connectivity index (χ0v) is 17.1. The zero-order valence-electron chi connectivity index (χ0n) is 17.1. The quantitative estimate of drug-likeness (QED) is 0.268. The molecule has 0 aromatic heterocycles. The minimum Gasteiger partial charge on any atom is -0.295 e. The minimum atomic E-state index is 0.860. The van der Waals surface area contributed by atoms with E-state index in [0.29, 0.717) is 0 Å². The third kappa shape index (κ3) is 4.08. The van der Waals surface area contributed by atoms with Crippen LogP contribution >= 0.6 is 0 Å². The van der Waals surface area contributed by atoms with Crippen LogP contribution in [0.25, 0.3) is 16.8 Å². The smallest absolute Gasteiger partial charge is 0.139 e. The summed E-state index contributed by atoms with van der Waals surface area (Å²) in [5.74, 6) is 0.860. The predicted molar refractivity (Wildman–Crippen MR) is 129 cm³/mol. The largest absolute Gasteiger partial charge is 0.295 e. The van der Waals surface area contributed by atoms with Gasteiger partial charge in [0.1, 0.15) is 5.84 Å². The van der Waals surface area contributed by atoms with Crippen LogP contribution in [0, 0.1) is 0 Å². The van der Waals surface area contributed by atoms with E-state index in [4.69, 9.17) is 0 Å². The molecule has 30 heavy (non-hydrogen) atoms. The summed E-state index contributed by atoms with van der Waals surface area (Å²) in [6.45, 7) is 4.44. The molecule has 0 atom stereocenters. The Morgan fingerprint density at radius 3 is 1.67 bits per heavy atom. The first kappa shape index (κ1) is 19.4. The highest BCUT2D eigenvalue weighted by Gasteiger charge is 2.19. The van der Waals surface area contributed by atoms with Gasteiger partial charge in [0, 0.05) is 24.0 Å². The van der Waals surface area contributed by atoms with Crippen molar-refractivity contribution >= 4 is 17.2 Å². The summed E-state index contributed by atoms with van der Waals surface area (Å²) < 4.78 is 0. The number of rotatable bonds is 5. The van der Waals surface area contributed by atoms with Crippen LogP contribution in [0.15, 0.2) is 127 Å². The van der Waals surface area contributed by atoms with Gasteiger partial charge in [-0.3, -0.25) is 9.89 Å². The Morgan fingerprint density at radius 2 is 1.10 bits per heavy atom. The van der Waals surface area contributed by atoms with Crippen molar-refractivity contribution in [2.24, 2.45) is 4.99 Å². The molecule has 0 fully saturated rings. The van der Waals surface area contributed by atoms with Gasteiger partial charge in [-0.2, -0.15) is 0 Å². The Morgan fingerprint density at radius 1 is 0.600 bits per heavy atom. The molecule has 4 rings (SSSR count). The topological polar surface area (TPSA) is 15.6 Å². The summed E-state index contributed by atoms with van der Waals surface area (Å²) in [6.07, 6.45) is 0. The third-order valence-corrected chi connectivity index (χ3v) is 5.07. The van der Waals surface area contributed by atoms with Crippen LogP contribution in [-0.4, -0.2) is 12.9 Å². The van der Waals surface area contributed by atoms with Gasteiger partial charge in [-0.25, -0.2) is 0 Å². The number of nitrogens with zero attached hydrogens (tertiary/aromatic N) is 2. The molecule has 4 aromatic carbocycles. The van der Waals surface area contributed by atoms with Crippen LogP contribution in [-0.2, 0) is 0 Å². The molecule has 146 valence electrons. The SMILES string of the molecule is C=C(c1ccc(-c2ccccc2)cc1)N(C(=NC)c1ccccc1)c1ccccc1. The highest BCUT2D eigenvalue weighted by Crippen LogP contribution is 2.29. The van der Waals surface area contributed by atoms with Gasteiger partial charge in [-0.1, -0.05) is 110 Å². The summed E-state index contributed by atoms with van der Waals surface area (Å²) in [7, 11) is 1.82. The van der Waals surface area contributed by atoms with Crippen LogP contribution in [0.3, 0.4) is 0 Å². The maximum atomic E-state index is 4.63. The Kier molecular flexibility index (Phi) is 5.86. The molecule has 2 heteroatoms. The van der Waals surface area contributed by atoms with Crippen molar-refractivity contribution in [2.45, 2.75) is 0 Å². The van der Waals surface area contributed by atoms with E-state index in [0.717, 1.165) is 28.3 Å². The van der Waals surface area contributed by atoms with E-state index in [2.05, 4.69) is 89.3 Å². The van der Waals surface area contributed by atoms with E-state index >= 15 is 0 Å². The van der Waals surface area contributed by atoms with Crippen LogP contribution in [0.2, 0.25) is 0 Å². The van der Waals surface area contributed by atoms with E-state index in [-0.39, 0.29) is 0 Å². The van der Waals surface area contributed by atoms with E-state index in [1.54, 1.807) is 0 Å². The fourth-order valence-corrected chi connectivity index (χ4v) is 3.54. The second-order valence-corrected chi connectivity index (χ2v) is 6.97. The maximum Gasteiger partial charge on any atom is 0.139 e. The van der Waals surface area contributed by atoms with Crippen molar-refractivity contribution in [1.82, 2.24) is 0 Å². The molecule has 0 radical (unpaired) electrons. The van der Waals surface area contributed by atoms with Crippen molar-refractivity contribution < 1.29 is 0 Å². The highest BCUT2D eigenvalue weighted by atomic mass is 15.2. The lowest BCUT2D eigenvalue weighted by molar-refractivity contribution is 1.29. The number of anilines is 1. The molecule has 0 spiro atoms. The van der Waals surface area contributed by atoms with Crippen molar-refractivity contribution in [3.05, 3.63) is 133 Å². The Balaban J connectivity index is 1.73. The number of amidine groups is 1. The summed E-state index contributed by atoms with van der Waals surface area (Å²) in [6, 6.07) is 39.4. The normalized spacial score (nSPS) is 11.2.